The van der Waals surface area contributed by atoms with Gasteiger partial charge in [-0.15, -0.1) is 16.4 Å². The third-order valence-electron chi connectivity index (χ3n) is 3.27. The van der Waals surface area contributed by atoms with Crippen molar-refractivity contribution in [3.63, 3.8) is 0 Å². The molecule has 0 amide bonds. The van der Waals surface area contributed by atoms with Crippen LogP contribution in [0, 0.1) is 17.0 Å². The van der Waals surface area contributed by atoms with Gasteiger partial charge in [-0.2, -0.15) is 5.10 Å². The largest absolute Gasteiger partial charge is 0.369 e. The lowest BCUT2D eigenvalue weighted by Crippen LogP contribution is -2.21. The van der Waals surface area contributed by atoms with Gasteiger partial charge in [0.15, 0.2) is 4.96 Å². The Morgan fingerprint density at radius 1 is 1.38 bits per heavy atom. The number of thiazole rings is 1. The Bertz CT molecular complexity index is 965. The standard InChI is InChI=1S/C14H13N7O2S/c1-8-7-24-14-18-12(9-2-4-10(5-3-9)21(22)23)11(20(8)14)6-17-19-13(15)16/h2-7H,1H3,(H4,15,16,19). The van der Waals surface area contributed by atoms with E-state index >= 15 is 0 Å². The number of nitro benzene ring substituents is 1. The quantitative estimate of drug-likeness (QED) is 0.322. The summed E-state index contributed by atoms with van der Waals surface area (Å²) in [6.45, 7) is 1.95. The molecule has 0 bridgehead atoms. The first-order chi connectivity index (χ1) is 11.5. The Kier molecular flexibility index (Phi) is 3.96. The first-order valence-electron chi connectivity index (χ1n) is 6.80. The zero-order valence-corrected chi connectivity index (χ0v) is 13.4. The van der Waals surface area contributed by atoms with Crippen molar-refractivity contribution in [3.8, 4) is 11.3 Å². The summed E-state index contributed by atoms with van der Waals surface area (Å²) in [6, 6.07) is 6.18. The lowest BCUT2D eigenvalue weighted by Gasteiger charge is -2.00. The lowest BCUT2D eigenvalue weighted by molar-refractivity contribution is -0.384. The van der Waals surface area contributed by atoms with Crippen molar-refractivity contribution >= 4 is 34.2 Å². The molecule has 9 nitrogen and oxygen atoms in total. The van der Waals surface area contributed by atoms with Crippen molar-refractivity contribution in [1.82, 2.24) is 9.38 Å². The number of rotatable bonds is 4. The number of guanidine groups is 1. The molecule has 10 heteroatoms. The van der Waals surface area contributed by atoms with Gasteiger partial charge in [0.1, 0.15) is 0 Å². The minimum absolute atomic E-state index is 0.0201. The average Bonchev–Trinajstić information content (AvgIpc) is 3.08. The van der Waals surface area contributed by atoms with Gasteiger partial charge in [-0.1, -0.05) is 0 Å². The molecule has 3 rings (SSSR count). The molecule has 0 aliphatic heterocycles. The summed E-state index contributed by atoms with van der Waals surface area (Å²) in [5, 5.41) is 20.2. The van der Waals surface area contributed by atoms with Crippen LogP contribution >= 0.6 is 11.3 Å². The Morgan fingerprint density at radius 2 is 2.08 bits per heavy atom. The zero-order valence-electron chi connectivity index (χ0n) is 12.6. The summed E-state index contributed by atoms with van der Waals surface area (Å²) in [7, 11) is 0. The first-order valence-corrected chi connectivity index (χ1v) is 7.68. The zero-order chi connectivity index (χ0) is 17.3. The summed E-state index contributed by atoms with van der Waals surface area (Å²) >= 11 is 1.49. The van der Waals surface area contributed by atoms with Gasteiger partial charge in [-0.05, 0) is 19.1 Å². The molecule has 0 aliphatic rings. The second-order valence-corrected chi connectivity index (χ2v) is 5.75. The minimum atomic E-state index is -0.444. The van der Waals surface area contributed by atoms with Crippen LogP contribution in [-0.2, 0) is 0 Å². The van der Waals surface area contributed by atoms with Gasteiger partial charge in [0.2, 0.25) is 5.96 Å². The van der Waals surface area contributed by atoms with Crippen LogP contribution in [0.3, 0.4) is 0 Å². The molecular formula is C14H13N7O2S. The molecule has 2 aromatic heterocycles. The van der Waals surface area contributed by atoms with Crippen LogP contribution in [0.5, 0.6) is 0 Å². The lowest BCUT2D eigenvalue weighted by atomic mass is 10.1. The fraction of sp³-hybridized carbons (Fsp3) is 0.0714. The molecule has 0 spiro atoms. The maximum Gasteiger partial charge on any atom is 0.269 e. The van der Waals surface area contributed by atoms with Gasteiger partial charge in [-0.3, -0.25) is 14.5 Å². The van der Waals surface area contributed by atoms with Crippen LogP contribution in [-0.4, -0.2) is 26.5 Å². The topological polar surface area (TPSA) is 137 Å². The molecule has 0 fully saturated rings. The number of hydrogen-bond acceptors (Lipinski definition) is 6. The van der Waals surface area contributed by atoms with Crippen LogP contribution in [0.4, 0.5) is 5.69 Å². The SMILES string of the molecule is Cc1csc2nc(-c3ccc([N+](=O)[O-])cc3)c(C=NN=C(N)N)n12. The summed E-state index contributed by atoms with van der Waals surface area (Å²) < 4.78 is 1.92. The number of nitro groups is 1. The summed E-state index contributed by atoms with van der Waals surface area (Å²) in [5.41, 5.74) is 13.6. The highest BCUT2D eigenvalue weighted by molar-refractivity contribution is 7.15. The Labute approximate surface area is 140 Å². The maximum absolute atomic E-state index is 10.8. The van der Waals surface area contributed by atoms with Crippen LogP contribution in [0.2, 0.25) is 0 Å². The molecule has 2 heterocycles. The normalized spacial score (nSPS) is 11.2. The van der Waals surface area contributed by atoms with Gasteiger partial charge >= 0.3 is 0 Å². The highest BCUT2D eigenvalue weighted by Gasteiger charge is 2.16. The second kappa shape index (κ2) is 6.08. The van der Waals surface area contributed by atoms with Crippen molar-refractivity contribution in [2.75, 3.05) is 0 Å². The van der Waals surface area contributed by atoms with E-state index in [0.717, 1.165) is 16.2 Å². The summed E-state index contributed by atoms with van der Waals surface area (Å²) in [6.07, 6.45) is 1.51. The third kappa shape index (κ3) is 2.82. The molecule has 0 saturated heterocycles. The number of fused-ring (bicyclic) bond motifs is 1. The van der Waals surface area contributed by atoms with E-state index in [1.54, 1.807) is 12.1 Å². The van der Waals surface area contributed by atoms with E-state index in [0.29, 0.717) is 11.4 Å². The molecule has 3 aromatic rings. The van der Waals surface area contributed by atoms with E-state index in [4.69, 9.17) is 11.5 Å². The van der Waals surface area contributed by atoms with Crippen LogP contribution < -0.4 is 11.5 Å². The molecule has 0 aliphatic carbocycles. The van der Waals surface area contributed by atoms with Gasteiger partial charge in [0.25, 0.3) is 5.69 Å². The monoisotopic (exact) mass is 343 g/mol. The van der Waals surface area contributed by atoms with E-state index in [-0.39, 0.29) is 11.6 Å². The van der Waals surface area contributed by atoms with E-state index < -0.39 is 4.92 Å². The third-order valence-corrected chi connectivity index (χ3v) is 4.22. The second-order valence-electron chi connectivity index (χ2n) is 4.91. The number of non-ortho nitro benzene ring substituents is 1. The minimum Gasteiger partial charge on any atom is -0.369 e. The number of hydrogen-bond donors (Lipinski definition) is 2. The van der Waals surface area contributed by atoms with Crippen molar-refractivity contribution in [3.05, 3.63) is 51.1 Å². The molecule has 0 radical (unpaired) electrons. The Hall–Kier alpha value is -3.27. The fourth-order valence-electron chi connectivity index (χ4n) is 2.25. The predicted octanol–water partition coefficient (Wildman–Crippen LogP) is 1.89. The van der Waals surface area contributed by atoms with Crippen LogP contribution in [0.15, 0.2) is 39.8 Å². The molecule has 0 saturated carbocycles. The number of aryl methyl sites for hydroxylation is 1. The smallest absolute Gasteiger partial charge is 0.269 e. The van der Waals surface area contributed by atoms with Crippen molar-refractivity contribution in [2.45, 2.75) is 6.92 Å². The average molecular weight is 343 g/mol. The number of benzene rings is 1. The number of nitrogens with two attached hydrogens (primary N) is 2. The maximum atomic E-state index is 10.8. The number of aromatic nitrogens is 2. The highest BCUT2D eigenvalue weighted by Crippen LogP contribution is 2.28. The van der Waals surface area contributed by atoms with E-state index in [1.165, 1.54) is 29.7 Å². The molecule has 0 atom stereocenters. The highest BCUT2D eigenvalue weighted by atomic mass is 32.1. The predicted molar refractivity (Wildman–Crippen MR) is 93.3 cm³/mol. The number of nitrogens with zero attached hydrogens (tertiary/aromatic N) is 5. The molecule has 122 valence electrons. The molecular weight excluding hydrogens is 330 g/mol. The van der Waals surface area contributed by atoms with Crippen LogP contribution in [0.25, 0.3) is 16.2 Å². The van der Waals surface area contributed by atoms with Crippen molar-refractivity contribution < 1.29 is 4.92 Å². The van der Waals surface area contributed by atoms with Gasteiger partial charge in [-0.25, -0.2) is 4.98 Å². The van der Waals surface area contributed by atoms with Crippen molar-refractivity contribution in [2.24, 2.45) is 21.7 Å². The molecule has 4 N–H and O–H groups in total. The molecule has 0 unspecified atom stereocenters. The van der Waals surface area contributed by atoms with Crippen LogP contribution in [0.1, 0.15) is 11.4 Å². The number of imidazole rings is 1. The van der Waals surface area contributed by atoms with Gasteiger partial charge < -0.3 is 11.5 Å². The van der Waals surface area contributed by atoms with Gasteiger partial charge in [0, 0.05) is 28.8 Å². The summed E-state index contributed by atoms with van der Waals surface area (Å²) in [5.74, 6) is -0.147. The fourth-order valence-corrected chi connectivity index (χ4v) is 3.12. The molecule has 24 heavy (non-hydrogen) atoms. The van der Waals surface area contributed by atoms with E-state index in [9.17, 15) is 10.1 Å². The van der Waals surface area contributed by atoms with E-state index in [1.807, 2.05) is 16.7 Å². The molecule has 1 aromatic carbocycles. The first kappa shape index (κ1) is 15.6. The Morgan fingerprint density at radius 3 is 2.71 bits per heavy atom. The summed E-state index contributed by atoms with van der Waals surface area (Å²) in [4.78, 5) is 15.7. The van der Waals surface area contributed by atoms with Crippen molar-refractivity contribution in [1.29, 1.82) is 0 Å². The van der Waals surface area contributed by atoms with Gasteiger partial charge in [0.05, 0.1) is 22.5 Å². The van der Waals surface area contributed by atoms with E-state index in [2.05, 4.69) is 15.2 Å². The Balaban J connectivity index is 2.14.